The van der Waals surface area contributed by atoms with E-state index in [9.17, 15) is 18.0 Å². The maximum absolute atomic E-state index is 13.1. The van der Waals surface area contributed by atoms with Crippen molar-refractivity contribution in [2.45, 2.75) is 6.18 Å². The summed E-state index contributed by atoms with van der Waals surface area (Å²) in [6.45, 7) is 0. The van der Waals surface area contributed by atoms with E-state index in [0.717, 1.165) is 12.1 Å². The summed E-state index contributed by atoms with van der Waals surface area (Å²) >= 11 is 2.99. The van der Waals surface area contributed by atoms with Crippen LogP contribution >= 0.6 is 15.9 Å². The number of methoxy groups -OCH3 is 1. The molecule has 0 atom stereocenters. The highest BCUT2D eigenvalue weighted by Gasteiger charge is 2.35. The number of halogens is 4. The second kappa shape index (κ2) is 5.89. The average Bonchev–Trinajstić information content (AvgIpc) is 2.45. The summed E-state index contributed by atoms with van der Waals surface area (Å²) in [6.07, 6.45) is -4.60. The van der Waals surface area contributed by atoms with Crippen LogP contribution in [0.1, 0.15) is 21.5 Å². The van der Waals surface area contributed by atoms with Crippen LogP contribution in [0, 0.1) is 0 Å². The van der Waals surface area contributed by atoms with Crippen molar-refractivity contribution in [2.75, 3.05) is 7.11 Å². The van der Waals surface area contributed by atoms with Gasteiger partial charge in [0.2, 0.25) is 0 Å². The molecular weight excluding hydrogens is 349 g/mol. The van der Waals surface area contributed by atoms with E-state index in [2.05, 4.69) is 15.9 Å². The fraction of sp³-hybridized carbons (Fsp3) is 0.133. The Morgan fingerprint density at radius 3 is 2.48 bits per heavy atom. The Bertz CT molecular complexity index is 681. The van der Waals surface area contributed by atoms with Crippen LogP contribution in [0.15, 0.2) is 46.9 Å². The monoisotopic (exact) mass is 358 g/mol. The molecule has 0 unspecified atom stereocenters. The number of hydrogen-bond acceptors (Lipinski definition) is 2. The molecule has 0 saturated carbocycles. The lowest BCUT2D eigenvalue weighted by Crippen LogP contribution is -2.14. The number of alkyl halides is 3. The van der Waals surface area contributed by atoms with Crippen molar-refractivity contribution < 1.29 is 22.7 Å². The predicted octanol–water partition coefficient (Wildman–Crippen LogP) is 4.71. The van der Waals surface area contributed by atoms with Crippen molar-refractivity contribution in [3.8, 4) is 5.75 Å². The quantitative estimate of drug-likeness (QED) is 0.743. The number of hydrogen-bond donors (Lipinski definition) is 0. The summed E-state index contributed by atoms with van der Waals surface area (Å²) in [7, 11) is 1.42. The van der Waals surface area contributed by atoms with E-state index in [0.29, 0.717) is 5.75 Å². The molecule has 110 valence electrons. The van der Waals surface area contributed by atoms with Gasteiger partial charge in [0.1, 0.15) is 5.75 Å². The second-order valence-corrected chi connectivity index (χ2v) is 5.16. The van der Waals surface area contributed by atoms with E-state index in [4.69, 9.17) is 4.74 Å². The lowest BCUT2D eigenvalue weighted by atomic mass is 9.98. The molecule has 0 saturated heterocycles. The van der Waals surface area contributed by atoms with Gasteiger partial charge in [0.25, 0.3) is 0 Å². The Hall–Kier alpha value is -1.82. The molecule has 2 aromatic rings. The maximum atomic E-state index is 13.1. The average molecular weight is 359 g/mol. The fourth-order valence-corrected chi connectivity index (χ4v) is 2.23. The van der Waals surface area contributed by atoms with Crippen LogP contribution in [0.5, 0.6) is 5.75 Å². The number of ketones is 1. The molecular formula is C15H10BrF3O2. The third-order valence-corrected chi connectivity index (χ3v) is 3.36. The zero-order valence-corrected chi connectivity index (χ0v) is 12.5. The molecule has 0 aliphatic carbocycles. The number of carbonyl (C=O) groups excluding carboxylic acids is 1. The predicted molar refractivity (Wildman–Crippen MR) is 75.6 cm³/mol. The van der Waals surface area contributed by atoms with Crippen molar-refractivity contribution in [2.24, 2.45) is 0 Å². The molecule has 0 amide bonds. The first kappa shape index (κ1) is 15.6. The van der Waals surface area contributed by atoms with Crippen molar-refractivity contribution in [1.29, 1.82) is 0 Å². The number of rotatable bonds is 3. The van der Waals surface area contributed by atoms with Gasteiger partial charge in [0.05, 0.1) is 12.7 Å². The van der Waals surface area contributed by atoms with Crippen LogP contribution in [-0.2, 0) is 6.18 Å². The second-order valence-electron chi connectivity index (χ2n) is 4.25. The van der Waals surface area contributed by atoms with Gasteiger partial charge in [0.15, 0.2) is 5.78 Å². The first-order valence-corrected chi connectivity index (χ1v) is 6.67. The molecule has 6 heteroatoms. The maximum Gasteiger partial charge on any atom is 0.417 e. The van der Waals surface area contributed by atoms with E-state index >= 15 is 0 Å². The number of ether oxygens (including phenoxy) is 1. The minimum atomic E-state index is -4.60. The highest BCUT2D eigenvalue weighted by molar-refractivity contribution is 9.10. The normalized spacial score (nSPS) is 11.3. The molecule has 0 aliphatic rings. The summed E-state index contributed by atoms with van der Waals surface area (Å²) in [5.74, 6) is -0.291. The third-order valence-electron chi connectivity index (χ3n) is 2.86. The Kier molecular flexibility index (Phi) is 4.37. The van der Waals surface area contributed by atoms with Crippen LogP contribution in [0.25, 0.3) is 0 Å². The first-order valence-electron chi connectivity index (χ1n) is 5.88. The minimum Gasteiger partial charge on any atom is -0.497 e. The van der Waals surface area contributed by atoms with Crippen molar-refractivity contribution in [3.05, 3.63) is 63.6 Å². The van der Waals surface area contributed by atoms with Gasteiger partial charge < -0.3 is 4.74 Å². The lowest BCUT2D eigenvalue weighted by molar-refractivity contribution is -0.137. The molecule has 2 nitrogen and oxygen atoms in total. The van der Waals surface area contributed by atoms with Crippen LogP contribution in [-0.4, -0.2) is 12.9 Å². The zero-order chi connectivity index (χ0) is 15.6. The van der Waals surface area contributed by atoms with Gasteiger partial charge in [-0.25, -0.2) is 0 Å². The molecule has 0 heterocycles. The molecule has 0 N–H and O–H groups in total. The van der Waals surface area contributed by atoms with Crippen LogP contribution < -0.4 is 4.74 Å². The van der Waals surface area contributed by atoms with Gasteiger partial charge in [-0.1, -0.05) is 28.1 Å². The molecule has 0 aromatic heterocycles. The summed E-state index contributed by atoms with van der Waals surface area (Å²) in [4.78, 5) is 12.3. The summed E-state index contributed by atoms with van der Waals surface area (Å²) in [5, 5.41) is 0. The smallest absolute Gasteiger partial charge is 0.417 e. The number of carbonyl (C=O) groups is 1. The number of benzene rings is 2. The Morgan fingerprint density at radius 1 is 1.14 bits per heavy atom. The van der Waals surface area contributed by atoms with Crippen molar-refractivity contribution >= 4 is 21.7 Å². The summed E-state index contributed by atoms with van der Waals surface area (Å²) in [5.41, 5.74) is -1.22. The molecule has 2 rings (SSSR count). The van der Waals surface area contributed by atoms with Crippen molar-refractivity contribution in [1.82, 2.24) is 0 Å². The summed E-state index contributed by atoms with van der Waals surface area (Å²) < 4.78 is 44.4. The fourth-order valence-electron chi connectivity index (χ4n) is 1.87. The largest absolute Gasteiger partial charge is 0.497 e. The lowest BCUT2D eigenvalue weighted by Gasteiger charge is -2.13. The van der Waals surface area contributed by atoms with Gasteiger partial charge in [-0.2, -0.15) is 13.2 Å². The minimum absolute atomic E-state index is 0.141. The van der Waals surface area contributed by atoms with E-state index < -0.39 is 17.5 Å². The highest BCUT2D eigenvalue weighted by atomic mass is 79.9. The Balaban J connectivity index is 2.53. The molecule has 21 heavy (non-hydrogen) atoms. The molecule has 2 aromatic carbocycles. The van der Waals surface area contributed by atoms with Gasteiger partial charge in [-0.3, -0.25) is 4.79 Å². The van der Waals surface area contributed by atoms with E-state index in [1.165, 1.54) is 25.3 Å². The standard InChI is InChI=1S/C15H10BrF3O2/c1-21-11-4-2-3-9(7-11)14(20)12-6-5-10(16)8-13(12)15(17,18)19/h2-8H,1H3. The first-order chi connectivity index (χ1) is 9.82. The molecule has 0 fully saturated rings. The van der Waals surface area contributed by atoms with Gasteiger partial charge in [0, 0.05) is 15.6 Å². The van der Waals surface area contributed by atoms with Crippen LogP contribution in [0.3, 0.4) is 0 Å². The molecule has 0 spiro atoms. The molecule has 0 bridgehead atoms. The molecule has 0 radical (unpaired) electrons. The Labute approximate surface area is 127 Å². The van der Waals surface area contributed by atoms with Gasteiger partial charge in [-0.15, -0.1) is 0 Å². The third kappa shape index (κ3) is 3.44. The van der Waals surface area contributed by atoms with E-state index in [1.54, 1.807) is 12.1 Å². The molecule has 0 aliphatic heterocycles. The van der Waals surface area contributed by atoms with Gasteiger partial charge in [-0.05, 0) is 30.3 Å². The zero-order valence-electron chi connectivity index (χ0n) is 10.9. The van der Waals surface area contributed by atoms with Crippen LogP contribution in [0.2, 0.25) is 0 Å². The highest BCUT2D eigenvalue weighted by Crippen LogP contribution is 2.35. The Morgan fingerprint density at radius 2 is 1.86 bits per heavy atom. The van der Waals surface area contributed by atoms with E-state index in [1.807, 2.05) is 0 Å². The van der Waals surface area contributed by atoms with Crippen LogP contribution in [0.4, 0.5) is 13.2 Å². The SMILES string of the molecule is COc1cccc(C(=O)c2ccc(Br)cc2C(F)(F)F)c1. The topological polar surface area (TPSA) is 26.3 Å². The summed E-state index contributed by atoms with van der Waals surface area (Å²) in [6, 6.07) is 9.49. The van der Waals surface area contributed by atoms with Gasteiger partial charge >= 0.3 is 6.18 Å². The van der Waals surface area contributed by atoms with Crippen molar-refractivity contribution in [3.63, 3.8) is 0 Å². The van der Waals surface area contributed by atoms with E-state index in [-0.39, 0.29) is 15.6 Å².